The topological polar surface area (TPSA) is 58.3 Å². The molecule has 2 heterocycles. The molecule has 6 heteroatoms. The van der Waals surface area contributed by atoms with Crippen molar-refractivity contribution in [2.75, 3.05) is 31.2 Å². The van der Waals surface area contributed by atoms with E-state index in [4.69, 9.17) is 4.74 Å². The SMILES string of the molecule is CC(c1ccccc1)n1cc(C#N)c(=O)c2cc(F)c(N3CCOCC3)cc21. The highest BCUT2D eigenvalue weighted by atomic mass is 19.1. The third-order valence-corrected chi connectivity index (χ3v) is 5.27. The van der Waals surface area contributed by atoms with Gasteiger partial charge in [-0.25, -0.2) is 4.39 Å². The van der Waals surface area contributed by atoms with Crippen LogP contribution >= 0.6 is 0 Å². The monoisotopic (exact) mass is 377 g/mol. The van der Waals surface area contributed by atoms with Crippen molar-refractivity contribution in [3.63, 3.8) is 0 Å². The molecular weight excluding hydrogens is 357 g/mol. The van der Waals surface area contributed by atoms with E-state index >= 15 is 0 Å². The largest absolute Gasteiger partial charge is 0.378 e. The quantitative estimate of drug-likeness (QED) is 0.701. The van der Waals surface area contributed by atoms with Gasteiger partial charge in [0.05, 0.1) is 35.8 Å². The summed E-state index contributed by atoms with van der Waals surface area (Å²) in [6.45, 7) is 4.27. The van der Waals surface area contributed by atoms with E-state index in [-0.39, 0.29) is 17.0 Å². The fraction of sp³-hybridized carbons (Fsp3) is 0.273. The molecule has 1 aromatic heterocycles. The predicted molar refractivity (Wildman–Crippen MR) is 106 cm³/mol. The standard InChI is InChI=1S/C22H20FN3O2/c1-15(16-5-3-2-4-6-16)26-14-17(13-24)22(27)18-11-19(23)21(12-20(18)26)25-7-9-28-10-8-25/h2-6,11-12,14-15H,7-10H2,1H3. The van der Waals surface area contributed by atoms with E-state index in [1.54, 1.807) is 12.3 Å². The zero-order chi connectivity index (χ0) is 19.7. The van der Waals surface area contributed by atoms with Gasteiger partial charge in [-0.15, -0.1) is 0 Å². The van der Waals surface area contributed by atoms with Crippen molar-refractivity contribution in [2.45, 2.75) is 13.0 Å². The number of aromatic nitrogens is 1. The molecule has 1 saturated heterocycles. The van der Waals surface area contributed by atoms with E-state index in [0.717, 1.165) is 5.56 Å². The first kappa shape index (κ1) is 18.2. The molecular formula is C22H20FN3O2. The minimum atomic E-state index is -0.458. The number of morpholine rings is 1. The highest BCUT2D eigenvalue weighted by Crippen LogP contribution is 2.29. The lowest BCUT2D eigenvalue weighted by Crippen LogP contribution is -2.36. The van der Waals surface area contributed by atoms with Crippen LogP contribution in [0.1, 0.15) is 24.1 Å². The maximum Gasteiger partial charge on any atom is 0.207 e. The first-order valence-electron chi connectivity index (χ1n) is 9.26. The van der Waals surface area contributed by atoms with E-state index in [1.165, 1.54) is 6.07 Å². The van der Waals surface area contributed by atoms with Crippen LogP contribution in [0.5, 0.6) is 0 Å². The Kier molecular flexibility index (Phi) is 4.84. The molecule has 142 valence electrons. The molecule has 0 aliphatic carbocycles. The van der Waals surface area contributed by atoms with Crippen LogP contribution < -0.4 is 10.3 Å². The molecule has 28 heavy (non-hydrogen) atoms. The Morgan fingerprint density at radius 1 is 1.18 bits per heavy atom. The van der Waals surface area contributed by atoms with Crippen LogP contribution in [0.15, 0.2) is 53.5 Å². The Morgan fingerprint density at radius 3 is 2.57 bits per heavy atom. The highest BCUT2D eigenvalue weighted by Gasteiger charge is 2.20. The Morgan fingerprint density at radius 2 is 1.89 bits per heavy atom. The average Bonchev–Trinajstić information content (AvgIpc) is 2.75. The molecule has 0 bridgehead atoms. The van der Waals surface area contributed by atoms with Crippen LogP contribution in [-0.2, 0) is 4.74 Å². The van der Waals surface area contributed by atoms with Crippen LogP contribution in [0.4, 0.5) is 10.1 Å². The second-order valence-corrected chi connectivity index (χ2v) is 6.90. The van der Waals surface area contributed by atoms with Crippen molar-refractivity contribution in [3.8, 4) is 6.07 Å². The van der Waals surface area contributed by atoms with Gasteiger partial charge in [0.1, 0.15) is 17.4 Å². The van der Waals surface area contributed by atoms with E-state index in [9.17, 15) is 14.4 Å². The molecule has 4 rings (SSSR count). The van der Waals surface area contributed by atoms with Gasteiger partial charge in [-0.1, -0.05) is 30.3 Å². The number of halogens is 1. The maximum absolute atomic E-state index is 14.9. The number of ether oxygens (including phenoxy) is 1. The van der Waals surface area contributed by atoms with Crippen LogP contribution in [0.2, 0.25) is 0 Å². The maximum atomic E-state index is 14.9. The summed E-state index contributed by atoms with van der Waals surface area (Å²) >= 11 is 0. The number of anilines is 1. The van der Waals surface area contributed by atoms with Crippen molar-refractivity contribution in [3.05, 3.63) is 75.8 Å². The number of nitrogens with zero attached hydrogens (tertiary/aromatic N) is 3. The van der Waals surface area contributed by atoms with Crippen LogP contribution in [0.25, 0.3) is 10.9 Å². The summed E-state index contributed by atoms with van der Waals surface area (Å²) < 4.78 is 22.1. The molecule has 0 N–H and O–H groups in total. The Labute approximate surface area is 162 Å². The first-order valence-corrected chi connectivity index (χ1v) is 9.26. The summed E-state index contributed by atoms with van der Waals surface area (Å²) in [7, 11) is 0. The molecule has 1 aliphatic rings. The zero-order valence-corrected chi connectivity index (χ0v) is 15.6. The Hall–Kier alpha value is -3.17. The van der Waals surface area contributed by atoms with Crippen molar-refractivity contribution in [2.24, 2.45) is 0 Å². The smallest absolute Gasteiger partial charge is 0.207 e. The Balaban J connectivity index is 1.95. The average molecular weight is 377 g/mol. The Bertz CT molecular complexity index is 1110. The summed E-state index contributed by atoms with van der Waals surface area (Å²) in [5, 5.41) is 9.62. The minimum Gasteiger partial charge on any atom is -0.378 e. The van der Waals surface area contributed by atoms with Gasteiger partial charge in [-0.3, -0.25) is 4.79 Å². The number of benzene rings is 2. The van der Waals surface area contributed by atoms with E-state index < -0.39 is 11.2 Å². The van der Waals surface area contributed by atoms with Gasteiger partial charge in [0.25, 0.3) is 0 Å². The van der Waals surface area contributed by atoms with Gasteiger partial charge in [-0.2, -0.15) is 5.26 Å². The molecule has 0 radical (unpaired) electrons. The molecule has 1 aliphatic heterocycles. The van der Waals surface area contributed by atoms with Gasteiger partial charge in [0, 0.05) is 19.3 Å². The van der Waals surface area contributed by atoms with Gasteiger partial charge >= 0.3 is 0 Å². The van der Waals surface area contributed by atoms with Crippen LogP contribution in [-0.4, -0.2) is 30.9 Å². The fourth-order valence-electron chi connectivity index (χ4n) is 3.70. The third-order valence-electron chi connectivity index (χ3n) is 5.27. The van der Waals surface area contributed by atoms with Gasteiger partial charge in [0.2, 0.25) is 5.43 Å². The molecule has 1 unspecified atom stereocenters. The molecule has 5 nitrogen and oxygen atoms in total. The molecule has 3 aromatic rings. The lowest BCUT2D eigenvalue weighted by molar-refractivity contribution is 0.122. The second kappa shape index (κ2) is 7.45. The number of fused-ring (bicyclic) bond motifs is 1. The first-order chi connectivity index (χ1) is 13.6. The lowest BCUT2D eigenvalue weighted by Gasteiger charge is -2.30. The molecule has 1 atom stereocenters. The van der Waals surface area contributed by atoms with Crippen LogP contribution in [0, 0.1) is 17.1 Å². The van der Waals surface area contributed by atoms with E-state index in [1.807, 2.05) is 52.8 Å². The molecule has 0 amide bonds. The van der Waals surface area contributed by atoms with Gasteiger partial charge in [0.15, 0.2) is 0 Å². The second-order valence-electron chi connectivity index (χ2n) is 6.90. The normalized spacial score (nSPS) is 15.4. The fourth-order valence-corrected chi connectivity index (χ4v) is 3.70. The van der Waals surface area contributed by atoms with Gasteiger partial charge in [-0.05, 0) is 24.6 Å². The highest BCUT2D eigenvalue weighted by molar-refractivity contribution is 5.84. The lowest BCUT2D eigenvalue weighted by atomic mass is 10.0. The van der Waals surface area contributed by atoms with Crippen LogP contribution in [0.3, 0.4) is 0 Å². The predicted octanol–water partition coefficient (Wildman–Crippen LogP) is 3.46. The third kappa shape index (κ3) is 3.14. The zero-order valence-electron chi connectivity index (χ0n) is 15.6. The summed E-state index contributed by atoms with van der Waals surface area (Å²) in [6, 6.07) is 14.6. The molecule has 2 aromatic carbocycles. The number of pyridine rings is 1. The minimum absolute atomic E-state index is 0.00815. The van der Waals surface area contributed by atoms with E-state index in [0.29, 0.717) is 37.5 Å². The van der Waals surface area contributed by atoms with Gasteiger partial charge < -0.3 is 14.2 Å². The number of nitriles is 1. The van der Waals surface area contributed by atoms with E-state index in [2.05, 4.69) is 0 Å². The number of hydrogen-bond acceptors (Lipinski definition) is 4. The van der Waals surface area contributed by atoms with Crippen molar-refractivity contribution >= 4 is 16.6 Å². The van der Waals surface area contributed by atoms with Crippen molar-refractivity contribution in [1.29, 1.82) is 5.26 Å². The summed E-state index contributed by atoms with van der Waals surface area (Å²) in [5.41, 5.74) is 1.67. The molecule has 1 fully saturated rings. The molecule has 0 spiro atoms. The summed E-state index contributed by atoms with van der Waals surface area (Å²) in [4.78, 5) is 14.6. The number of hydrogen-bond donors (Lipinski definition) is 0. The summed E-state index contributed by atoms with van der Waals surface area (Å²) in [5.74, 6) is -0.458. The van der Waals surface area contributed by atoms with Crippen molar-refractivity contribution < 1.29 is 9.13 Å². The summed E-state index contributed by atoms with van der Waals surface area (Å²) in [6.07, 6.45) is 1.57. The number of rotatable bonds is 3. The molecule has 0 saturated carbocycles. The van der Waals surface area contributed by atoms with Crippen molar-refractivity contribution in [1.82, 2.24) is 4.57 Å².